The van der Waals surface area contributed by atoms with E-state index in [9.17, 15) is 5.21 Å². The highest BCUT2D eigenvalue weighted by atomic mass is 16.6. The molecule has 3 heteroatoms. The fraction of sp³-hybridized carbons (Fsp3) is 1.00. The Labute approximate surface area is 99.7 Å². The minimum atomic E-state index is -0.504. The summed E-state index contributed by atoms with van der Waals surface area (Å²) in [7, 11) is 0. The Morgan fingerprint density at radius 2 is 1.75 bits per heavy atom. The van der Waals surface area contributed by atoms with E-state index >= 15 is 0 Å². The van der Waals surface area contributed by atoms with Crippen LogP contribution in [0.2, 0.25) is 0 Å². The molecule has 96 valence electrons. The van der Waals surface area contributed by atoms with E-state index in [2.05, 4.69) is 6.92 Å². The van der Waals surface area contributed by atoms with Gasteiger partial charge in [-0.05, 0) is 20.3 Å². The Balaban J connectivity index is 2.31. The minimum Gasteiger partial charge on any atom is -0.632 e. The third-order valence-electron chi connectivity index (χ3n) is 3.60. The van der Waals surface area contributed by atoms with Gasteiger partial charge in [0.05, 0.1) is 0 Å². The van der Waals surface area contributed by atoms with Crippen molar-refractivity contribution < 1.29 is 9.80 Å². The van der Waals surface area contributed by atoms with Gasteiger partial charge in [-0.25, -0.2) is 0 Å². The molecule has 0 aromatic carbocycles. The Kier molecular flexibility index (Phi) is 4.77. The molecule has 0 aliphatic carbocycles. The average molecular weight is 229 g/mol. The molecule has 0 saturated carbocycles. The van der Waals surface area contributed by atoms with Crippen LogP contribution in [0, 0.1) is 5.21 Å². The average Bonchev–Trinajstić information content (AvgIpc) is 2.43. The molecule has 16 heavy (non-hydrogen) atoms. The van der Waals surface area contributed by atoms with Crippen molar-refractivity contribution in [2.45, 2.75) is 77.5 Å². The van der Waals surface area contributed by atoms with Gasteiger partial charge in [0.25, 0.3) is 0 Å². The quantitative estimate of drug-likeness (QED) is 0.560. The summed E-state index contributed by atoms with van der Waals surface area (Å²) in [4.78, 5) is 0. The van der Waals surface area contributed by atoms with Crippen LogP contribution in [0.4, 0.5) is 0 Å². The van der Waals surface area contributed by atoms with Crippen LogP contribution in [0.5, 0.6) is 0 Å². The van der Waals surface area contributed by atoms with Crippen molar-refractivity contribution in [2.75, 3.05) is 6.61 Å². The third-order valence-corrected chi connectivity index (χ3v) is 3.60. The predicted molar refractivity (Wildman–Crippen MR) is 66.1 cm³/mol. The summed E-state index contributed by atoms with van der Waals surface area (Å²) in [5.41, 5.74) is -0.784. The maximum Gasteiger partial charge on any atom is 0.199 e. The minimum absolute atomic E-state index is 0.280. The van der Waals surface area contributed by atoms with E-state index in [-0.39, 0.29) is 10.6 Å². The molecule has 1 heterocycles. The normalized spacial score (nSPS) is 33.2. The standard InChI is InChI=1S/C13H27NO2/c1-5-6-7-8-9-10-13(4)14(15)12(2,3)11-16-13/h14H,5-11H2,1-4H3. The first-order chi connectivity index (χ1) is 7.42. The van der Waals surface area contributed by atoms with E-state index in [1.165, 1.54) is 25.7 Å². The number of unbranched alkanes of at least 4 members (excludes halogenated alkanes) is 4. The lowest BCUT2D eigenvalue weighted by Crippen LogP contribution is -3.20. The molecule has 1 N–H and O–H groups in total. The van der Waals surface area contributed by atoms with Gasteiger partial charge in [0, 0.05) is 13.3 Å². The third kappa shape index (κ3) is 3.19. The first-order valence-corrected chi connectivity index (χ1v) is 6.61. The van der Waals surface area contributed by atoms with E-state index in [0.29, 0.717) is 6.61 Å². The van der Waals surface area contributed by atoms with Crippen molar-refractivity contribution in [3.05, 3.63) is 5.21 Å². The maximum atomic E-state index is 12.1. The Morgan fingerprint density at radius 3 is 2.25 bits per heavy atom. The van der Waals surface area contributed by atoms with Crippen molar-refractivity contribution >= 4 is 0 Å². The van der Waals surface area contributed by atoms with Crippen LogP contribution in [0.1, 0.15) is 66.2 Å². The van der Waals surface area contributed by atoms with Crippen molar-refractivity contribution in [3.63, 3.8) is 0 Å². The molecule has 0 amide bonds. The second kappa shape index (κ2) is 5.48. The lowest BCUT2D eigenvalue weighted by Gasteiger charge is -2.39. The van der Waals surface area contributed by atoms with Crippen LogP contribution in [-0.4, -0.2) is 17.9 Å². The summed E-state index contributed by atoms with van der Waals surface area (Å²) in [5.74, 6) is 0. The molecule has 1 aliphatic heterocycles. The largest absolute Gasteiger partial charge is 0.632 e. The van der Waals surface area contributed by atoms with Gasteiger partial charge in [-0.15, -0.1) is 0 Å². The van der Waals surface area contributed by atoms with Crippen molar-refractivity contribution in [3.8, 4) is 0 Å². The number of ether oxygens (including phenoxy) is 1. The van der Waals surface area contributed by atoms with Gasteiger partial charge in [0.2, 0.25) is 0 Å². The summed E-state index contributed by atoms with van der Waals surface area (Å²) in [5, 5.41) is 12.4. The highest BCUT2D eigenvalue weighted by Gasteiger charge is 2.48. The molecule has 1 fully saturated rings. The lowest BCUT2D eigenvalue weighted by atomic mass is 10.0. The highest BCUT2D eigenvalue weighted by molar-refractivity contribution is 4.79. The van der Waals surface area contributed by atoms with Gasteiger partial charge in [0.1, 0.15) is 12.1 Å². The summed E-state index contributed by atoms with van der Waals surface area (Å²) >= 11 is 0. The van der Waals surface area contributed by atoms with Gasteiger partial charge in [0.15, 0.2) is 5.72 Å². The van der Waals surface area contributed by atoms with Gasteiger partial charge in [-0.1, -0.05) is 32.6 Å². The summed E-state index contributed by atoms with van der Waals surface area (Å²) in [6.45, 7) is 8.73. The smallest absolute Gasteiger partial charge is 0.199 e. The zero-order valence-electron chi connectivity index (χ0n) is 11.3. The number of nitrogens with one attached hydrogen (secondary N) is 1. The monoisotopic (exact) mass is 229 g/mol. The van der Waals surface area contributed by atoms with E-state index in [4.69, 9.17) is 4.74 Å². The highest BCUT2D eigenvalue weighted by Crippen LogP contribution is 2.22. The van der Waals surface area contributed by atoms with Crippen molar-refractivity contribution in [1.82, 2.24) is 0 Å². The number of rotatable bonds is 6. The number of hydrogen-bond donors (Lipinski definition) is 1. The van der Waals surface area contributed by atoms with Gasteiger partial charge in [-0.2, -0.15) is 0 Å². The molecule has 2 unspecified atom stereocenters. The van der Waals surface area contributed by atoms with Crippen LogP contribution in [0.3, 0.4) is 0 Å². The van der Waals surface area contributed by atoms with E-state index in [1.54, 1.807) is 0 Å². The SMILES string of the molecule is CCCCCCCC1(C)OCC(C)(C)[NH+]1[O-]. The maximum absolute atomic E-state index is 12.1. The molecule has 3 nitrogen and oxygen atoms in total. The van der Waals surface area contributed by atoms with Crippen molar-refractivity contribution in [2.24, 2.45) is 0 Å². The molecular weight excluding hydrogens is 202 g/mol. The fourth-order valence-electron chi connectivity index (χ4n) is 2.44. The molecule has 0 spiro atoms. The molecule has 0 radical (unpaired) electrons. The summed E-state index contributed by atoms with van der Waals surface area (Å²) < 4.78 is 5.72. The molecule has 2 atom stereocenters. The zero-order valence-corrected chi connectivity index (χ0v) is 11.3. The van der Waals surface area contributed by atoms with Crippen LogP contribution < -0.4 is 5.06 Å². The molecule has 1 saturated heterocycles. The number of hydrogen-bond acceptors (Lipinski definition) is 2. The number of hydroxylamine groups is 2. The number of quaternary nitrogens is 1. The molecule has 1 rings (SSSR count). The van der Waals surface area contributed by atoms with Gasteiger partial charge in [-0.3, -0.25) is 0 Å². The van der Waals surface area contributed by atoms with Gasteiger partial charge >= 0.3 is 0 Å². The van der Waals surface area contributed by atoms with Crippen LogP contribution in [0.15, 0.2) is 0 Å². The van der Waals surface area contributed by atoms with Crippen LogP contribution in [-0.2, 0) is 4.74 Å². The fourth-order valence-corrected chi connectivity index (χ4v) is 2.44. The van der Waals surface area contributed by atoms with Gasteiger partial charge < -0.3 is 15.0 Å². The molecule has 1 aliphatic rings. The second-order valence-corrected chi connectivity index (χ2v) is 5.90. The predicted octanol–water partition coefficient (Wildman–Crippen LogP) is 2.25. The van der Waals surface area contributed by atoms with E-state index in [1.807, 2.05) is 20.8 Å². The molecule has 0 aromatic rings. The Morgan fingerprint density at radius 1 is 1.12 bits per heavy atom. The van der Waals surface area contributed by atoms with Crippen molar-refractivity contribution in [1.29, 1.82) is 0 Å². The molecule has 0 aromatic heterocycles. The Bertz CT molecular complexity index is 218. The first-order valence-electron chi connectivity index (χ1n) is 6.61. The topological polar surface area (TPSA) is 36.7 Å². The summed E-state index contributed by atoms with van der Waals surface area (Å²) in [6, 6.07) is 0. The van der Waals surface area contributed by atoms with E-state index < -0.39 is 5.72 Å². The zero-order chi connectivity index (χ0) is 12.2. The van der Waals surface area contributed by atoms with E-state index in [0.717, 1.165) is 12.8 Å². The first kappa shape index (κ1) is 13.9. The lowest BCUT2D eigenvalue weighted by molar-refractivity contribution is -0.947. The summed E-state index contributed by atoms with van der Waals surface area (Å²) in [6.07, 6.45) is 7.07. The molecule has 0 bridgehead atoms. The van der Waals surface area contributed by atoms with Crippen LogP contribution in [0.25, 0.3) is 0 Å². The van der Waals surface area contributed by atoms with Crippen LogP contribution >= 0.6 is 0 Å². The second-order valence-electron chi connectivity index (χ2n) is 5.90. The molecular formula is C13H27NO2. The Hall–Kier alpha value is -0.120.